The van der Waals surface area contributed by atoms with Crippen molar-refractivity contribution in [1.29, 1.82) is 0 Å². The van der Waals surface area contributed by atoms with Gasteiger partial charge in [0.1, 0.15) is 0 Å². The first-order valence-corrected chi connectivity index (χ1v) is 7.02. The normalized spacial score (nSPS) is 41.2. The quantitative estimate of drug-likeness (QED) is 0.708. The first-order chi connectivity index (χ1) is 8.57. The molecule has 102 valence electrons. The number of carbonyl (C=O) groups excluding carboxylic acids is 1. The van der Waals surface area contributed by atoms with E-state index in [0.29, 0.717) is 31.7 Å². The maximum Gasteiger partial charge on any atom is 0.311 e. The number of carbonyl (C=O) groups is 1. The smallest absolute Gasteiger partial charge is 0.311 e. The van der Waals surface area contributed by atoms with Crippen molar-refractivity contribution in [3.63, 3.8) is 0 Å². The highest BCUT2D eigenvalue weighted by molar-refractivity contribution is 5.76. The third kappa shape index (κ3) is 1.86. The molecule has 3 aliphatic rings. The standard InChI is InChI=1S/C14H22O4/c1-3-16-12(15)13(2)6-10-8-14(9-11(10)7-13)17-4-5-18-14/h10-11H,3-9H2,1-2H3/t10-,11?,13?/m1/s1. The SMILES string of the molecule is CCOC(=O)C1(C)CC2CC3(C[C@H]2C1)OCCO3. The molecule has 4 nitrogen and oxygen atoms in total. The summed E-state index contributed by atoms with van der Waals surface area (Å²) in [6.45, 7) is 5.82. The molecule has 1 aliphatic heterocycles. The average molecular weight is 254 g/mol. The summed E-state index contributed by atoms with van der Waals surface area (Å²) in [5, 5.41) is 0. The van der Waals surface area contributed by atoms with Crippen LogP contribution in [0.3, 0.4) is 0 Å². The first kappa shape index (κ1) is 12.4. The van der Waals surface area contributed by atoms with Gasteiger partial charge in [0.05, 0.1) is 25.2 Å². The van der Waals surface area contributed by atoms with Crippen molar-refractivity contribution in [2.24, 2.45) is 17.3 Å². The fourth-order valence-electron chi connectivity index (χ4n) is 4.14. The van der Waals surface area contributed by atoms with E-state index in [1.54, 1.807) is 0 Å². The molecule has 0 radical (unpaired) electrons. The summed E-state index contributed by atoms with van der Waals surface area (Å²) in [6, 6.07) is 0. The topological polar surface area (TPSA) is 44.8 Å². The van der Waals surface area contributed by atoms with Gasteiger partial charge in [0.2, 0.25) is 0 Å². The van der Waals surface area contributed by atoms with Crippen molar-refractivity contribution in [3.8, 4) is 0 Å². The zero-order valence-corrected chi connectivity index (χ0v) is 11.2. The van der Waals surface area contributed by atoms with Crippen LogP contribution in [-0.2, 0) is 19.0 Å². The molecule has 3 atom stereocenters. The van der Waals surface area contributed by atoms with Crippen LogP contribution in [0.1, 0.15) is 39.5 Å². The molecule has 18 heavy (non-hydrogen) atoms. The predicted octanol–water partition coefficient (Wildman–Crippen LogP) is 2.12. The van der Waals surface area contributed by atoms with Crippen LogP contribution in [0.2, 0.25) is 0 Å². The third-order valence-electron chi connectivity index (χ3n) is 4.82. The Kier molecular flexibility index (Phi) is 2.90. The molecule has 2 aliphatic carbocycles. The Labute approximate surface area is 108 Å². The Balaban J connectivity index is 1.67. The zero-order chi connectivity index (χ0) is 12.8. The van der Waals surface area contributed by atoms with Crippen LogP contribution in [0.4, 0.5) is 0 Å². The lowest BCUT2D eigenvalue weighted by Crippen LogP contribution is -2.31. The molecule has 0 N–H and O–H groups in total. The summed E-state index contributed by atoms with van der Waals surface area (Å²) in [5.74, 6) is 0.766. The molecular weight excluding hydrogens is 232 g/mol. The Morgan fingerprint density at radius 1 is 1.17 bits per heavy atom. The van der Waals surface area contributed by atoms with Gasteiger partial charge in [-0.1, -0.05) is 0 Å². The van der Waals surface area contributed by atoms with E-state index in [-0.39, 0.29) is 17.2 Å². The Morgan fingerprint density at radius 3 is 2.22 bits per heavy atom. The van der Waals surface area contributed by atoms with Gasteiger partial charge in [-0.25, -0.2) is 0 Å². The summed E-state index contributed by atoms with van der Waals surface area (Å²) in [6.07, 6.45) is 3.75. The van der Waals surface area contributed by atoms with E-state index in [4.69, 9.17) is 14.2 Å². The largest absolute Gasteiger partial charge is 0.466 e. The molecule has 3 fully saturated rings. The number of rotatable bonds is 2. The number of fused-ring (bicyclic) bond motifs is 1. The van der Waals surface area contributed by atoms with Gasteiger partial charge in [0.25, 0.3) is 0 Å². The highest BCUT2D eigenvalue weighted by Gasteiger charge is 2.57. The average Bonchev–Trinajstić information content (AvgIpc) is 2.95. The van der Waals surface area contributed by atoms with Crippen LogP contribution in [0, 0.1) is 17.3 Å². The lowest BCUT2D eigenvalue weighted by Gasteiger charge is -2.27. The lowest BCUT2D eigenvalue weighted by molar-refractivity contribution is -0.163. The summed E-state index contributed by atoms with van der Waals surface area (Å²) >= 11 is 0. The van der Waals surface area contributed by atoms with Crippen molar-refractivity contribution in [2.45, 2.75) is 45.3 Å². The number of hydrogen-bond donors (Lipinski definition) is 0. The minimum atomic E-state index is -0.314. The summed E-state index contributed by atoms with van der Waals surface area (Å²) in [7, 11) is 0. The molecule has 1 heterocycles. The summed E-state index contributed by atoms with van der Waals surface area (Å²) < 4.78 is 16.8. The van der Waals surface area contributed by atoms with E-state index in [9.17, 15) is 4.79 Å². The van der Waals surface area contributed by atoms with Gasteiger partial charge < -0.3 is 14.2 Å². The molecule has 0 aromatic heterocycles. The number of esters is 1. The van der Waals surface area contributed by atoms with Crippen molar-refractivity contribution >= 4 is 5.97 Å². The Morgan fingerprint density at radius 2 is 1.72 bits per heavy atom. The zero-order valence-electron chi connectivity index (χ0n) is 11.2. The molecule has 2 unspecified atom stereocenters. The van der Waals surface area contributed by atoms with E-state index in [1.807, 2.05) is 13.8 Å². The van der Waals surface area contributed by atoms with Gasteiger partial charge in [-0.05, 0) is 38.5 Å². The summed E-state index contributed by atoms with van der Waals surface area (Å²) in [4.78, 5) is 12.0. The van der Waals surface area contributed by atoms with Gasteiger partial charge in [0, 0.05) is 12.8 Å². The van der Waals surface area contributed by atoms with Crippen LogP contribution < -0.4 is 0 Å². The van der Waals surface area contributed by atoms with Gasteiger partial charge >= 0.3 is 5.97 Å². The minimum absolute atomic E-state index is 0.0262. The van der Waals surface area contributed by atoms with Crippen molar-refractivity contribution in [3.05, 3.63) is 0 Å². The van der Waals surface area contributed by atoms with Gasteiger partial charge in [-0.15, -0.1) is 0 Å². The fourth-order valence-corrected chi connectivity index (χ4v) is 4.14. The van der Waals surface area contributed by atoms with Crippen molar-refractivity contribution in [2.75, 3.05) is 19.8 Å². The molecule has 1 saturated heterocycles. The number of ether oxygens (including phenoxy) is 3. The maximum atomic E-state index is 12.0. The van der Waals surface area contributed by atoms with Crippen LogP contribution in [0.15, 0.2) is 0 Å². The Bertz CT molecular complexity index is 330. The molecule has 2 saturated carbocycles. The Hall–Kier alpha value is -0.610. The van der Waals surface area contributed by atoms with Crippen LogP contribution in [0.5, 0.6) is 0 Å². The van der Waals surface area contributed by atoms with E-state index in [2.05, 4.69) is 0 Å². The molecule has 0 aromatic carbocycles. The summed E-state index contributed by atoms with van der Waals surface area (Å²) in [5.41, 5.74) is -0.286. The van der Waals surface area contributed by atoms with E-state index >= 15 is 0 Å². The van der Waals surface area contributed by atoms with Crippen LogP contribution in [-0.4, -0.2) is 31.6 Å². The first-order valence-electron chi connectivity index (χ1n) is 7.02. The van der Waals surface area contributed by atoms with E-state index in [1.165, 1.54) is 0 Å². The predicted molar refractivity (Wildman–Crippen MR) is 64.8 cm³/mol. The van der Waals surface area contributed by atoms with Gasteiger partial charge in [-0.3, -0.25) is 4.79 Å². The second-order valence-corrected chi connectivity index (χ2v) is 6.23. The second kappa shape index (κ2) is 4.20. The van der Waals surface area contributed by atoms with Crippen molar-refractivity contribution < 1.29 is 19.0 Å². The molecule has 3 rings (SSSR count). The van der Waals surface area contributed by atoms with E-state index in [0.717, 1.165) is 25.7 Å². The molecular formula is C14H22O4. The highest BCUT2D eigenvalue weighted by Crippen LogP contribution is 2.57. The third-order valence-corrected chi connectivity index (χ3v) is 4.82. The fraction of sp³-hybridized carbons (Fsp3) is 0.929. The van der Waals surface area contributed by atoms with Crippen LogP contribution in [0.25, 0.3) is 0 Å². The maximum absolute atomic E-state index is 12.0. The molecule has 0 amide bonds. The second-order valence-electron chi connectivity index (χ2n) is 6.23. The van der Waals surface area contributed by atoms with Gasteiger partial charge in [0.15, 0.2) is 5.79 Å². The van der Waals surface area contributed by atoms with Crippen molar-refractivity contribution in [1.82, 2.24) is 0 Å². The molecule has 0 bridgehead atoms. The van der Waals surface area contributed by atoms with Crippen LogP contribution >= 0.6 is 0 Å². The minimum Gasteiger partial charge on any atom is -0.466 e. The highest BCUT2D eigenvalue weighted by atomic mass is 16.7. The monoisotopic (exact) mass is 254 g/mol. The lowest BCUT2D eigenvalue weighted by atomic mass is 9.85. The molecule has 1 spiro atoms. The molecule has 0 aromatic rings. The van der Waals surface area contributed by atoms with Gasteiger partial charge in [-0.2, -0.15) is 0 Å². The molecule has 4 heteroatoms. The van der Waals surface area contributed by atoms with E-state index < -0.39 is 0 Å². The number of hydrogen-bond acceptors (Lipinski definition) is 4.